The first-order valence-corrected chi connectivity index (χ1v) is 3.41. The molecule has 1 aliphatic heterocycles. The van der Waals surface area contributed by atoms with Crippen molar-refractivity contribution < 1.29 is 0 Å². The summed E-state index contributed by atoms with van der Waals surface area (Å²) in [6.07, 6.45) is 3.09. The summed E-state index contributed by atoms with van der Waals surface area (Å²) in [6, 6.07) is 0.628. The molecule has 9 heavy (non-hydrogen) atoms. The maximum Gasteiger partial charge on any atom is 0.0288 e. The highest BCUT2D eigenvalue weighted by atomic mass is 15.0. The molecule has 1 rings (SSSR count). The monoisotopic (exact) mass is 125 g/mol. The van der Waals surface area contributed by atoms with E-state index in [-0.39, 0.29) is 0 Å². The van der Waals surface area contributed by atoms with Gasteiger partial charge >= 0.3 is 0 Å². The van der Waals surface area contributed by atoms with Crippen molar-refractivity contribution in [3.8, 4) is 0 Å². The lowest BCUT2D eigenvalue weighted by molar-refractivity contribution is 0.582. The van der Waals surface area contributed by atoms with Crippen LogP contribution in [-0.2, 0) is 0 Å². The topological polar surface area (TPSA) is 26.1 Å². The van der Waals surface area contributed by atoms with Gasteiger partial charge in [0, 0.05) is 25.7 Å². The Bertz CT molecular complexity index is 84.9. The Morgan fingerprint density at radius 2 is 2.67 bits per heavy atom. The van der Waals surface area contributed by atoms with Gasteiger partial charge in [-0.1, -0.05) is 6.08 Å². The zero-order chi connectivity index (χ0) is 6.53. The molecule has 1 unspecified atom stereocenters. The van der Waals surface area contributed by atoms with Gasteiger partial charge < -0.3 is 5.32 Å². The molecule has 1 fully saturated rings. The Morgan fingerprint density at radius 3 is 3.22 bits per heavy atom. The third kappa shape index (κ3) is 2.16. The van der Waals surface area contributed by atoms with E-state index in [1.165, 1.54) is 6.42 Å². The second kappa shape index (κ2) is 3.64. The zero-order valence-corrected chi connectivity index (χ0v) is 5.64. The molecule has 0 spiro atoms. The number of hydrogen-bond acceptors (Lipinski definition) is 1. The van der Waals surface area contributed by atoms with Crippen LogP contribution in [0.5, 0.6) is 0 Å². The summed E-state index contributed by atoms with van der Waals surface area (Å²) in [5.74, 6) is 0. The predicted molar refractivity (Wildman–Crippen MR) is 38.5 cm³/mol. The molecule has 0 aromatic carbocycles. The first kappa shape index (κ1) is 6.78. The normalized spacial score (nSPS) is 26.4. The largest absolute Gasteiger partial charge is 0.309 e. The molecule has 1 saturated heterocycles. The Kier molecular flexibility index (Phi) is 2.74. The lowest BCUT2D eigenvalue weighted by atomic mass is 10.3. The summed E-state index contributed by atoms with van der Waals surface area (Å²) in [7, 11) is 0. The minimum atomic E-state index is 0.628. The zero-order valence-electron chi connectivity index (χ0n) is 5.64. The molecule has 51 valence electrons. The molecule has 2 nitrogen and oxygen atoms in total. The molecule has 1 aliphatic rings. The fraction of sp³-hybridized carbons (Fsp3) is 0.714. The molecular formula is C7H13N2. The molecule has 0 aliphatic carbocycles. The van der Waals surface area contributed by atoms with Gasteiger partial charge in [-0.05, 0) is 6.42 Å². The second-order valence-electron chi connectivity index (χ2n) is 2.31. The predicted octanol–water partition coefficient (Wildman–Crippen LogP) is 0.139. The highest BCUT2D eigenvalue weighted by Crippen LogP contribution is 1.97. The molecule has 1 atom stereocenters. The molecule has 0 aromatic heterocycles. The number of nitrogens with zero attached hydrogens (tertiary/aromatic N) is 1. The van der Waals surface area contributed by atoms with Gasteiger partial charge in [0.1, 0.15) is 0 Å². The number of rotatable bonds is 3. The van der Waals surface area contributed by atoms with E-state index in [4.69, 9.17) is 0 Å². The maximum absolute atomic E-state index is 4.22. The molecule has 0 aromatic rings. The quantitative estimate of drug-likeness (QED) is 0.533. The van der Waals surface area contributed by atoms with Gasteiger partial charge in [-0.3, -0.25) is 0 Å². The van der Waals surface area contributed by atoms with Crippen LogP contribution in [0.25, 0.3) is 0 Å². The Morgan fingerprint density at radius 1 is 1.78 bits per heavy atom. The van der Waals surface area contributed by atoms with Crippen LogP contribution < -0.4 is 10.6 Å². The van der Waals surface area contributed by atoms with Crippen molar-refractivity contribution in [1.82, 2.24) is 10.6 Å². The molecule has 0 amide bonds. The van der Waals surface area contributed by atoms with Crippen LogP contribution in [0.1, 0.15) is 6.42 Å². The van der Waals surface area contributed by atoms with Gasteiger partial charge in [-0.25, -0.2) is 5.32 Å². The summed E-state index contributed by atoms with van der Waals surface area (Å²) in [6.45, 7) is 6.58. The first-order chi connectivity index (χ1) is 4.43. The molecule has 1 heterocycles. The molecule has 0 saturated carbocycles. The Hall–Kier alpha value is -0.340. The van der Waals surface area contributed by atoms with Gasteiger partial charge in [0.2, 0.25) is 0 Å². The lowest BCUT2D eigenvalue weighted by Gasteiger charge is -2.06. The molecular weight excluding hydrogens is 112 g/mol. The van der Waals surface area contributed by atoms with Crippen LogP contribution in [-0.4, -0.2) is 25.7 Å². The van der Waals surface area contributed by atoms with Crippen LogP contribution in [0.3, 0.4) is 0 Å². The van der Waals surface area contributed by atoms with Gasteiger partial charge in [-0.15, -0.1) is 6.58 Å². The van der Waals surface area contributed by atoms with E-state index in [0.717, 1.165) is 19.6 Å². The smallest absolute Gasteiger partial charge is 0.0288 e. The van der Waals surface area contributed by atoms with Crippen molar-refractivity contribution in [2.24, 2.45) is 0 Å². The minimum absolute atomic E-state index is 0.628. The van der Waals surface area contributed by atoms with Crippen molar-refractivity contribution in [2.45, 2.75) is 12.5 Å². The number of hydrogen-bond donors (Lipinski definition) is 1. The SMILES string of the molecule is C=CCNC1CC[N]C1. The van der Waals surface area contributed by atoms with Gasteiger partial charge in [-0.2, -0.15) is 0 Å². The lowest BCUT2D eigenvalue weighted by Crippen LogP contribution is -2.29. The average Bonchev–Trinajstić information content (AvgIpc) is 2.34. The summed E-state index contributed by atoms with van der Waals surface area (Å²) < 4.78 is 0. The minimum Gasteiger partial charge on any atom is -0.309 e. The third-order valence-corrected chi connectivity index (χ3v) is 1.54. The van der Waals surface area contributed by atoms with E-state index in [0.29, 0.717) is 6.04 Å². The fourth-order valence-electron chi connectivity index (χ4n) is 1.00. The van der Waals surface area contributed by atoms with E-state index in [1.807, 2.05) is 6.08 Å². The fourth-order valence-corrected chi connectivity index (χ4v) is 1.00. The molecule has 1 radical (unpaired) electrons. The Labute approximate surface area is 56.3 Å². The van der Waals surface area contributed by atoms with E-state index in [2.05, 4.69) is 17.2 Å². The van der Waals surface area contributed by atoms with Crippen LogP contribution in [0.2, 0.25) is 0 Å². The van der Waals surface area contributed by atoms with Crippen LogP contribution in [0.4, 0.5) is 0 Å². The van der Waals surface area contributed by atoms with E-state index >= 15 is 0 Å². The summed E-state index contributed by atoms with van der Waals surface area (Å²) in [5.41, 5.74) is 0. The maximum atomic E-state index is 4.22. The highest BCUT2D eigenvalue weighted by Gasteiger charge is 2.12. The third-order valence-electron chi connectivity index (χ3n) is 1.54. The van der Waals surface area contributed by atoms with Crippen LogP contribution >= 0.6 is 0 Å². The number of nitrogens with one attached hydrogen (secondary N) is 1. The molecule has 1 N–H and O–H groups in total. The molecule has 0 bridgehead atoms. The standard InChI is InChI=1S/C7H13N2/c1-2-4-9-7-3-5-8-6-7/h2,7,9H,1,3-6H2. The summed E-state index contributed by atoms with van der Waals surface area (Å²) in [4.78, 5) is 0. The highest BCUT2D eigenvalue weighted by molar-refractivity contribution is 4.80. The van der Waals surface area contributed by atoms with E-state index < -0.39 is 0 Å². The van der Waals surface area contributed by atoms with Crippen LogP contribution in [0, 0.1) is 0 Å². The average molecular weight is 125 g/mol. The van der Waals surface area contributed by atoms with Crippen molar-refractivity contribution in [3.05, 3.63) is 12.7 Å². The summed E-state index contributed by atoms with van der Waals surface area (Å²) >= 11 is 0. The van der Waals surface area contributed by atoms with Gasteiger partial charge in [0.05, 0.1) is 0 Å². The van der Waals surface area contributed by atoms with Crippen molar-refractivity contribution in [2.75, 3.05) is 19.6 Å². The second-order valence-corrected chi connectivity index (χ2v) is 2.31. The first-order valence-electron chi connectivity index (χ1n) is 3.41. The van der Waals surface area contributed by atoms with E-state index in [9.17, 15) is 0 Å². The van der Waals surface area contributed by atoms with Gasteiger partial charge in [0.15, 0.2) is 0 Å². The van der Waals surface area contributed by atoms with Crippen molar-refractivity contribution in [1.29, 1.82) is 0 Å². The van der Waals surface area contributed by atoms with E-state index in [1.54, 1.807) is 0 Å². The Balaban J connectivity index is 2.04. The van der Waals surface area contributed by atoms with Crippen LogP contribution in [0.15, 0.2) is 12.7 Å². The van der Waals surface area contributed by atoms with Crippen molar-refractivity contribution >= 4 is 0 Å². The van der Waals surface area contributed by atoms with Gasteiger partial charge in [0.25, 0.3) is 0 Å². The van der Waals surface area contributed by atoms with Crippen molar-refractivity contribution in [3.63, 3.8) is 0 Å². The summed E-state index contributed by atoms with van der Waals surface area (Å²) in [5, 5.41) is 7.54. The molecule has 2 heteroatoms.